The van der Waals surface area contributed by atoms with E-state index in [0.29, 0.717) is 25.9 Å². The first-order chi connectivity index (χ1) is 10.2. The zero-order valence-electron chi connectivity index (χ0n) is 12.7. The molecular weight excluding hydrogens is 302 g/mol. The zero-order chi connectivity index (χ0) is 15.1. The molecule has 1 heterocycles. The molecule has 1 unspecified atom stereocenters. The van der Waals surface area contributed by atoms with Gasteiger partial charge in [-0.3, -0.25) is 9.59 Å². The van der Waals surface area contributed by atoms with Crippen molar-refractivity contribution in [1.82, 2.24) is 10.2 Å². The lowest BCUT2D eigenvalue weighted by atomic mass is 10.1. The highest BCUT2D eigenvalue weighted by Gasteiger charge is 2.26. The molecule has 0 saturated carbocycles. The highest BCUT2D eigenvalue weighted by Crippen LogP contribution is 2.12. The predicted molar refractivity (Wildman–Crippen MR) is 88.8 cm³/mol. The number of hydrogen-bond acceptors (Lipinski definition) is 3. The van der Waals surface area contributed by atoms with Gasteiger partial charge in [0.25, 0.3) is 0 Å². The molecular formula is C16H24ClN3O2. The molecule has 1 atom stereocenters. The fraction of sp³-hybridized carbons (Fsp3) is 0.500. The molecule has 0 aliphatic carbocycles. The lowest BCUT2D eigenvalue weighted by Crippen LogP contribution is -2.39. The van der Waals surface area contributed by atoms with E-state index < -0.39 is 0 Å². The monoisotopic (exact) mass is 325 g/mol. The summed E-state index contributed by atoms with van der Waals surface area (Å²) >= 11 is 0. The standard InChI is InChI=1S/C16H23N3O2.ClH/c17-10-8-15(20)18-14-9-11-19(12-14)16(21)7-6-13-4-2-1-3-5-13;/h1-5,14H,6-12,17H2,(H,18,20);1H. The number of carbonyl (C=O) groups is 2. The summed E-state index contributed by atoms with van der Waals surface area (Å²) in [4.78, 5) is 25.5. The van der Waals surface area contributed by atoms with Crippen LogP contribution in [0.3, 0.4) is 0 Å². The lowest BCUT2D eigenvalue weighted by molar-refractivity contribution is -0.130. The fourth-order valence-corrected chi connectivity index (χ4v) is 2.59. The summed E-state index contributed by atoms with van der Waals surface area (Å²) in [6.07, 6.45) is 2.46. The van der Waals surface area contributed by atoms with Crippen LogP contribution in [-0.4, -0.2) is 42.4 Å². The number of benzene rings is 1. The Hall–Kier alpha value is -1.59. The Kier molecular flexibility index (Phi) is 7.91. The van der Waals surface area contributed by atoms with Crippen LogP contribution in [-0.2, 0) is 16.0 Å². The average Bonchev–Trinajstić information content (AvgIpc) is 2.94. The summed E-state index contributed by atoms with van der Waals surface area (Å²) in [5.74, 6) is 0.135. The second-order valence-electron chi connectivity index (χ2n) is 5.42. The Labute approximate surface area is 137 Å². The van der Waals surface area contributed by atoms with Crippen LogP contribution < -0.4 is 11.1 Å². The molecule has 1 aromatic rings. The van der Waals surface area contributed by atoms with Gasteiger partial charge >= 0.3 is 0 Å². The number of carbonyl (C=O) groups excluding carboxylic acids is 2. The number of rotatable bonds is 6. The molecule has 22 heavy (non-hydrogen) atoms. The molecule has 1 aromatic carbocycles. The highest BCUT2D eigenvalue weighted by molar-refractivity contribution is 5.85. The Morgan fingerprint density at radius 1 is 1.23 bits per heavy atom. The number of likely N-dealkylation sites (tertiary alicyclic amines) is 1. The SMILES string of the molecule is Cl.NCCC(=O)NC1CCN(C(=O)CCc2ccccc2)C1. The molecule has 6 heteroatoms. The minimum Gasteiger partial charge on any atom is -0.351 e. The van der Waals surface area contributed by atoms with Gasteiger partial charge in [0.05, 0.1) is 0 Å². The Morgan fingerprint density at radius 3 is 2.64 bits per heavy atom. The van der Waals surface area contributed by atoms with E-state index in [0.717, 1.165) is 19.4 Å². The van der Waals surface area contributed by atoms with Crippen LogP contribution in [0.2, 0.25) is 0 Å². The molecule has 1 fully saturated rings. The van der Waals surface area contributed by atoms with Gasteiger partial charge in [-0.25, -0.2) is 0 Å². The quantitative estimate of drug-likeness (QED) is 0.822. The molecule has 122 valence electrons. The predicted octanol–water partition coefficient (Wildman–Crippen LogP) is 1.11. The topological polar surface area (TPSA) is 75.4 Å². The molecule has 0 spiro atoms. The van der Waals surface area contributed by atoms with Crippen molar-refractivity contribution in [3.05, 3.63) is 35.9 Å². The minimum atomic E-state index is -0.0268. The van der Waals surface area contributed by atoms with Gasteiger partial charge in [0.15, 0.2) is 0 Å². The molecule has 1 aliphatic rings. The van der Waals surface area contributed by atoms with Crippen molar-refractivity contribution in [2.75, 3.05) is 19.6 Å². The number of amides is 2. The van der Waals surface area contributed by atoms with Crippen LogP contribution in [0.15, 0.2) is 30.3 Å². The Balaban J connectivity index is 0.00000242. The van der Waals surface area contributed by atoms with Crippen molar-refractivity contribution >= 4 is 24.2 Å². The maximum absolute atomic E-state index is 12.2. The number of nitrogens with two attached hydrogens (primary N) is 1. The smallest absolute Gasteiger partial charge is 0.222 e. The lowest BCUT2D eigenvalue weighted by Gasteiger charge is -2.17. The first kappa shape index (κ1) is 18.5. The van der Waals surface area contributed by atoms with E-state index in [-0.39, 0.29) is 30.3 Å². The summed E-state index contributed by atoms with van der Waals surface area (Å²) in [5, 5.41) is 2.93. The number of halogens is 1. The third kappa shape index (κ3) is 5.66. The van der Waals surface area contributed by atoms with Crippen molar-refractivity contribution in [2.45, 2.75) is 31.7 Å². The van der Waals surface area contributed by atoms with Gasteiger partial charge in [-0.15, -0.1) is 12.4 Å². The van der Waals surface area contributed by atoms with Crippen molar-refractivity contribution < 1.29 is 9.59 Å². The van der Waals surface area contributed by atoms with E-state index in [4.69, 9.17) is 5.73 Å². The fourth-order valence-electron chi connectivity index (χ4n) is 2.59. The van der Waals surface area contributed by atoms with Crippen molar-refractivity contribution in [1.29, 1.82) is 0 Å². The summed E-state index contributed by atoms with van der Waals surface area (Å²) in [5.41, 5.74) is 6.53. The van der Waals surface area contributed by atoms with E-state index in [1.54, 1.807) is 0 Å². The minimum absolute atomic E-state index is 0. The molecule has 0 aromatic heterocycles. The van der Waals surface area contributed by atoms with Gasteiger partial charge in [-0.1, -0.05) is 30.3 Å². The number of nitrogens with zero attached hydrogens (tertiary/aromatic N) is 1. The molecule has 2 rings (SSSR count). The van der Waals surface area contributed by atoms with E-state index >= 15 is 0 Å². The number of hydrogen-bond donors (Lipinski definition) is 2. The maximum atomic E-state index is 12.2. The summed E-state index contributed by atoms with van der Waals surface area (Å²) in [7, 11) is 0. The van der Waals surface area contributed by atoms with Crippen LogP contribution in [0.5, 0.6) is 0 Å². The van der Waals surface area contributed by atoms with Gasteiger partial charge < -0.3 is 16.0 Å². The molecule has 0 radical (unpaired) electrons. The average molecular weight is 326 g/mol. The van der Waals surface area contributed by atoms with Gasteiger partial charge in [0.2, 0.25) is 11.8 Å². The van der Waals surface area contributed by atoms with E-state index in [1.165, 1.54) is 5.56 Å². The van der Waals surface area contributed by atoms with E-state index in [1.807, 2.05) is 35.2 Å². The van der Waals surface area contributed by atoms with Crippen molar-refractivity contribution in [2.24, 2.45) is 5.73 Å². The van der Waals surface area contributed by atoms with Crippen LogP contribution >= 0.6 is 12.4 Å². The third-order valence-electron chi connectivity index (χ3n) is 3.75. The molecule has 0 bridgehead atoms. The van der Waals surface area contributed by atoms with Crippen LogP contribution in [0.25, 0.3) is 0 Å². The normalized spacial score (nSPS) is 17.0. The zero-order valence-corrected chi connectivity index (χ0v) is 13.5. The number of nitrogens with one attached hydrogen (secondary N) is 1. The highest BCUT2D eigenvalue weighted by atomic mass is 35.5. The first-order valence-corrected chi connectivity index (χ1v) is 7.50. The molecule has 1 saturated heterocycles. The van der Waals surface area contributed by atoms with E-state index in [2.05, 4.69) is 5.32 Å². The van der Waals surface area contributed by atoms with Gasteiger partial charge in [0.1, 0.15) is 0 Å². The molecule has 3 N–H and O–H groups in total. The molecule has 2 amide bonds. The van der Waals surface area contributed by atoms with Crippen molar-refractivity contribution in [3.63, 3.8) is 0 Å². The number of aryl methyl sites for hydroxylation is 1. The van der Waals surface area contributed by atoms with Crippen LogP contribution in [0.1, 0.15) is 24.8 Å². The first-order valence-electron chi connectivity index (χ1n) is 7.50. The Bertz CT molecular complexity index is 482. The van der Waals surface area contributed by atoms with Gasteiger partial charge in [-0.05, 0) is 18.4 Å². The van der Waals surface area contributed by atoms with Gasteiger partial charge in [-0.2, -0.15) is 0 Å². The summed E-state index contributed by atoms with van der Waals surface area (Å²) < 4.78 is 0. The second kappa shape index (κ2) is 9.43. The summed E-state index contributed by atoms with van der Waals surface area (Å²) in [6, 6.07) is 10.1. The van der Waals surface area contributed by atoms with Crippen molar-refractivity contribution in [3.8, 4) is 0 Å². The summed E-state index contributed by atoms with van der Waals surface area (Å²) in [6.45, 7) is 1.70. The second-order valence-corrected chi connectivity index (χ2v) is 5.42. The molecule has 5 nitrogen and oxygen atoms in total. The van der Waals surface area contributed by atoms with Crippen LogP contribution in [0, 0.1) is 0 Å². The third-order valence-corrected chi connectivity index (χ3v) is 3.75. The van der Waals surface area contributed by atoms with E-state index in [9.17, 15) is 9.59 Å². The van der Waals surface area contributed by atoms with Crippen LogP contribution in [0.4, 0.5) is 0 Å². The molecule has 1 aliphatic heterocycles. The van der Waals surface area contributed by atoms with Gasteiger partial charge in [0, 0.05) is 38.5 Å². The maximum Gasteiger partial charge on any atom is 0.222 e. The largest absolute Gasteiger partial charge is 0.351 e. The Morgan fingerprint density at radius 2 is 1.95 bits per heavy atom.